The molecule has 2 unspecified atom stereocenters. The second kappa shape index (κ2) is 3.62. The maximum absolute atomic E-state index is 6.05. The first-order chi connectivity index (χ1) is 5.16. The molecule has 1 aliphatic carbocycles. The van der Waals surface area contributed by atoms with Gasteiger partial charge in [-0.05, 0) is 37.5 Å². The van der Waals surface area contributed by atoms with Crippen molar-refractivity contribution in [3.8, 4) is 0 Å². The first-order valence-electron chi connectivity index (χ1n) is 4.41. The van der Waals surface area contributed by atoms with Gasteiger partial charge in [-0.1, -0.05) is 13.0 Å². The summed E-state index contributed by atoms with van der Waals surface area (Å²) in [7, 11) is 0. The van der Waals surface area contributed by atoms with E-state index in [1.54, 1.807) is 0 Å². The predicted octanol–water partition coefficient (Wildman–Crippen LogP) is 3.75. The third-order valence-electron chi connectivity index (χ3n) is 2.73. The summed E-state index contributed by atoms with van der Waals surface area (Å²) in [4.78, 5) is 0. The summed E-state index contributed by atoms with van der Waals surface area (Å²) < 4.78 is 0. The van der Waals surface area contributed by atoms with Crippen LogP contribution in [-0.2, 0) is 0 Å². The van der Waals surface area contributed by atoms with E-state index in [2.05, 4.69) is 13.5 Å². The minimum Gasteiger partial charge on any atom is -0.123 e. The molecule has 0 saturated heterocycles. The molecule has 2 atom stereocenters. The van der Waals surface area contributed by atoms with Crippen molar-refractivity contribution in [3.63, 3.8) is 0 Å². The molecule has 1 heteroatoms. The van der Waals surface area contributed by atoms with Gasteiger partial charge in [-0.3, -0.25) is 0 Å². The zero-order valence-corrected chi connectivity index (χ0v) is 8.03. The van der Waals surface area contributed by atoms with E-state index in [1.165, 1.54) is 25.7 Å². The highest BCUT2D eigenvalue weighted by Gasteiger charge is 2.32. The number of rotatable bonds is 3. The van der Waals surface area contributed by atoms with Gasteiger partial charge in [0.15, 0.2) is 0 Å². The lowest BCUT2D eigenvalue weighted by molar-refractivity contribution is 0.312. The highest BCUT2D eigenvalue weighted by Crippen LogP contribution is 2.43. The van der Waals surface area contributed by atoms with Crippen LogP contribution in [0.2, 0.25) is 0 Å². The van der Waals surface area contributed by atoms with E-state index in [-0.39, 0.29) is 0 Å². The van der Waals surface area contributed by atoms with Crippen LogP contribution in [0.3, 0.4) is 0 Å². The fourth-order valence-electron chi connectivity index (χ4n) is 1.92. The van der Waals surface area contributed by atoms with E-state index in [0.717, 1.165) is 6.42 Å². The van der Waals surface area contributed by atoms with Gasteiger partial charge in [0.25, 0.3) is 0 Å². The number of hydrogen-bond acceptors (Lipinski definition) is 0. The Hall–Kier alpha value is 0.0300. The molecule has 0 nitrogen and oxygen atoms in total. The molecular formula is C10H17Cl. The second-order valence-corrected chi connectivity index (χ2v) is 4.60. The summed E-state index contributed by atoms with van der Waals surface area (Å²) in [6, 6.07) is 0. The summed E-state index contributed by atoms with van der Waals surface area (Å²) in [5.41, 5.74) is 0.514. The molecule has 0 aliphatic heterocycles. The van der Waals surface area contributed by atoms with Crippen molar-refractivity contribution in [2.24, 2.45) is 5.41 Å². The third-order valence-corrected chi connectivity index (χ3v) is 3.10. The van der Waals surface area contributed by atoms with Gasteiger partial charge in [0.2, 0.25) is 0 Å². The van der Waals surface area contributed by atoms with Crippen LogP contribution in [0.5, 0.6) is 0 Å². The molecule has 1 saturated carbocycles. The fraction of sp³-hybridized carbons (Fsp3) is 0.800. The van der Waals surface area contributed by atoms with E-state index < -0.39 is 0 Å². The highest BCUT2D eigenvalue weighted by atomic mass is 35.5. The maximum atomic E-state index is 6.05. The first-order valence-corrected chi connectivity index (χ1v) is 4.85. The molecule has 0 amide bonds. The summed E-state index contributed by atoms with van der Waals surface area (Å²) in [5, 5.41) is 0.435. The van der Waals surface area contributed by atoms with Crippen molar-refractivity contribution in [3.05, 3.63) is 12.7 Å². The van der Waals surface area contributed by atoms with E-state index in [0.29, 0.717) is 10.8 Å². The summed E-state index contributed by atoms with van der Waals surface area (Å²) in [6.45, 7) is 6.08. The molecule has 0 radical (unpaired) electrons. The SMILES string of the molecule is C=CCCC1(C)CCC(Cl)C1. The van der Waals surface area contributed by atoms with Crippen LogP contribution in [-0.4, -0.2) is 5.38 Å². The van der Waals surface area contributed by atoms with Crippen molar-refractivity contribution in [2.75, 3.05) is 0 Å². The molecule has 1 fully saturated rings. The van der Waals surface area contributed by atoms with Crippen molar-refractivity contribution >= 4 is 11.6 Å². The van der Waals surface area contributed by atoms with E-state index in [9.17, 15) is 0 Å². The quantitative estimate of drug-likeness (QED) is 0.449. The number of hydrogen-bond donors (Lipinski definition) is 0. The lowest BCUT2D eigenvalue weighted by Gasteiger charge is -2.22. The summed E-state index contributed by atoms with van der Waals surface area (Å²) in [6.07, 6.45) is 8.11. The van der Waals surface area contributed by atoms with Gasteiger partial charge in [-0.25, -0.2) is 0 Å². The second-order valence-electron chi connectivity index (χ2n) is 3.98. The monoisotopic (exact) mass is 172 g/mol. The molecule has 1 rings (SSSR count). The summed E-state index contributed by atoms with van der Waals surface area (Å²) in [5.74, 6) is 0. The molecule has 11 heavy (non-hydrogen) atoms. The molecule has 64 valence electrons. The lowest BCUT2D eigenvalue weighted by atomic mass is 9.84. The number of halogens is 1. The van der Waals surface area contributed by atoms with Gasteiger partial charge >= 0.3 is 0 Å². The minimum atomic E-state index is 0.435. The zero-order valence-electron chi connectivity index (χ0n) is 7.28. The van der Waals surface area contributed by atoms with Crippen molar-refractivity contribution in [1.29, 1.82) is 0 Å². The Bertz CT molecular complexity index is 142. The minimum absolute atomic E-state index is 0.435. The molecule has 0 aromatic heterocycles. The van der Waals surface area contributed by atoms with Gasteiger partial charge in [0.1, 0.15) is 0 Å². The van der Waals surface area contributed by atoms with Crippen LogP contribution in [0.25, 0.3) is 0 Å². The van der Waals surface area contributed by atoms with Crippen molar-refractivity contribution < 1.29 is 0 Å². The van der Waals surface area contributed by atoms with Crippen LogP contribution in [0.15, 0.2) is 12.7 Å². The van der Waals surface area contributed by atoms with Crippen LogP contribution >= 0.6 is 11.6 Å². The van der Waals surface area contributed by atoms with E-state index in [4.69, 9.17) is 11.6 Å². The largest absolute Gasteiger partial charge is 0.123 e. The molecule has 0 heterocycles. The lowest BCUT2D eigenvalue weighted by Crippen LogP contribution is -2.11. The van der Waals surface area contributed by atoms with Gasteiger partial charge in [-0.2, -0.15) is 0 Å². The van der Waals surface area contributed by atoms with Gasteiger partial charge in [0, 0.05) is 5.38 Å². The van der Waals surface area contributed by atoms with Crippen LogP contribution in [0, 0.1) is 5.41 Å². The normalized spacial score (nSPS) is 37.5. The van der Waals surface area contributed by atoms with Gasteiger partial charge < -0.3 is 0 Å². The van der Waals surface area contributed by atoms with Crippen molar-refractivity contribution in [2.45, 2.75) is 44.4 Å². The molecule has 0 bridgehead atoms. The van der Waals surface area contributed by atoms with Crippen molar-refractivity contribution in [1.82, 2.24) is 0 Å². The highest BCUT2D eigenvalue weighted by molar-refractivity contribution is 6.20. The summed E-state index contributed by atoms with van der Waals surface area (Å²) >= 11 is 6.05. The zero-order chi connectivity index (χ0) is 8.32. The van der Waals surface area contributed by atoms with E-state index >= 15 is 0 Å². The Morgan fingerprint density at radius 1 is 1.73 bits per heavy atom. The molecule has 0 aromatic carbocycles. The Labute approximate surface area is 74.6 Å². The Kier molecular flexibility index (Phi) is 3.00. The Balaban J connectivity index is 2.35. The van der Waals surface area contributed by atoms with E-state index in [1.807, 2.05) is 6.08 Å². The molecular weight excluding hydrogens is 156 g/mol. The number of allylic oxidation sites excluding steroid dienone is 1. The average Bonchev–Trinajstić information content (AvgIpc) is 2.28. The molecule has 0 N–H and O–H groups in total. The Morgan fingerprint density at radius 2 is 2.45 bits per heavy atom. The van der Waals surface area contributed by atoms with Crippen LogP contribution < -0.4 is 0 Å². The van der Waals surface area contributed by atoms with Crippen LogP contribution in [0.4, 0.5) is 0 Å². The molecule has 0 aromatic rings. The fourth-order valence-corrected chi connectivity index (χ4v) is 2.40. The predicted molar refractivity (Wildman–Crippen MR) is 51.0 cm³/mol. The average molecular weight is 173 g/mol. The number of alkyl halides is 1. The molecule has 1 aliphatic rings. The maximum Gasteiger partial charge on any atom is 0.0341 e. The van der Waals surface area contributed by atoms with Gasteiger partial charge in [0.05, 0.1) is 0 Å². The first kappa shape index (κ1) is 9.12. The molecule has 0 spiro atoms. The third kappa shape index (κ3) is 2.52. The van der Waals surface area contributed by atoms with Gasteiger partial charge in [-0.15, -0.1) is 18.2 Å². The smallest absolute Gasteiger partial charge is 0.0341 e. The Morgan fingerprint density at radius 3 is 2.91 bits per heavy atom. The van der Waals surface area contributed by atoms with Crippen LogP contribution in [0.1, 0.15) is 39.0 Å². The topological polar surface area (TPSA) is 0 Å². The standard InChI is InChI=1S/C10H17Cl/c1-3-4-6-10(2)7-5-9(11)8-10/h3,9H,1,4-8H2,2H3.